The van der Waals surface area contributed by atoms with Gasteiger partial charge in [0, 0.05) is 13.0 Å². The summed E-state index contributed by atoms with van der Waals surface area (Å²) in [7, 11) is 0. The van der Waals surface area contributed by atoms with Gasteiger partial charge in [-0.25, -0.2) is 4.98 Å². The third kappa shape index (κ3) is 3.09. The molecule has 1 aromatic rings. The van der Waals surface area contributed by atoms with E-state index < -0.39 is 0 Å². The first-order valence-electron chi connectivity index (χ1n) is 6.20. The van der Waals surface area contributed by atoms with Crippen LogP contribution in [0.15, 0.2) is 18.0 Å². The maximum absolute atomic E-state index is 6.29. The van der Waals surface area contributed by atoms with E-state index in [4.69, 9.17) is 11.6 Å². The summed E-state index contributed by atoms with van der Waals surface area (Å²) in [6.45, 7) is 7.51. The molecule has 94 valence electrons. The third-order valence-electron chi connectivity index (χ3n) is 3.25. The highest BCUT2D eigenvalue weighted by atomic mass is 35.5. The Balaban J connectivity index is 2.14. The molecule has 0 bridgehead atoms. The van der Waals surface area contributed by atoms with Gasteiger partial charge < -0.3 is 0 Å². The van der Waals surface area contributed by atoms with Crippen molar-refractivity contribution in [2.24, 2.45) is 5.41 Å². The number of alkyl halides is 1. The zero-order chi connectivity index (χ0) is 12.5. The summed E-state index contributed by atoms with van der Waals surface area (Å²) < 4.78 is 1.95. The van der Waals surface area contributed by atoms with Gasteiger partial charge in [0.1, 0.15) is 12.2 Å². The molecular formula is C13H20ClN3. The Hall–Kier alpha value is -0.830. The van der Waals surface area contributed by atoms with Crippen LogP contribution in [-0.2, 0) is 13.0 Å². The second kappa shape index (κ2) is 4.81. The van der Waals surface area contributed by atoms with E-state index in [1.165, 1.54) is 5.57 Å². The molecule has 17 heavy (non-hydrogen) atoms. The van der Waals surface area contributed by atoms with Crippen LogP contribution in [0.4, 0.5) is 0 Å². The van der Waals surface area contributed by atoms with E-state index in [1.807, 2.05) is 4.68 Å². The molecule has 2 rings (SSSR count). The maximum Gasteiger partial charge on any atom is 0.138 e. The fraction of sp³-hybridized carbons (Fsp3) is 0.692. The molecule has 0 spiro atoms. The predicted molar refractivity (Wildman–Crippen MR) is 70.1 cm³/mol. The zero-order valence-corrected chi connectivity index (χ0v) is 11.5. The Labute approximate surface area is 108 Å². The zero-order valence-electron chi connectivity index (χ0n) is 10.8. The van der Waals surface area contributed by atoms with E-state index in [0.717, 1.165) is 31.6 Å². The molecule has 1 atom stereocenters. The van der Waals surface area contributed by atoms with Crippen molar-refractivity contribution in [1.29, 1.82) is 0 Å². The minimum Gasteiger partial charge on any atom is -0.250 e. The van der Waals surface area contributed by atoms with Crippen molar-refractivity contribution in [1.82, 2.24) is 14.8 Å². The van der Waals surface area contributed by atoms with Gasteiger partial charge in [0.2, 0.25) is 0 Å². The van der Waals surface area contributed by atoms with Crippen LogP contribution in [0.2, 0.25) is 0 Å². The average molecular weight is 254 g/mol. The Morgan fingerprint density at radius 3 is 2.94 bits per heavy atom. The lowest BCUT2D eigenvalue weighted by atomic mass is 9.76. The van der Waals surface area contributed by atoms with Crippen LogP contribution in [0.3, 0.4) is 0 Å². The van der Waals surface area contributed by atoms with Gasteiger partial charge in [-0.05, 0) is 25.2 Å². The molecule has 1 unspecified atom stereocenters. The van der Waals surface area contributed by atoms with Crippen LogP contribution in [-0.4, -0.2) is 20.1 Å². The van der Waals surface area contributed by atoms with Crippen LogP contribution in [0.25, 0.3) is 0 Å². The first kappa shape index (κ1) is 12.6. The van der Waals surface area contributed by atoms with Crippen LogP contribution < -0.4 is 0 Å². The minimum atomic E-state index is 0.159. The van der Waals surface area contributed by atoms with Crippen LogP contribution in [0.5, 0.6) is 0 Å². The smallest absolute Gasteiger partial charge is 0.138 e. The second-order valence-corrected chi connectivity index (χ2v) is 6.12. The Kier molecular flexibility index (Phi) is 3.57. The fourth-order valence-electron chi connectivity index (χ4n) is 2.60. The van der Waals surface area contributed by atoms with Crippen LogP contribution in [0, 0.1) is 5.41 Å². The highest BCUT2D eigenvalue weighted by Crippen LogP contribution is 2.38. The average Bonchev–Trinajstić information content (AvgIpc) is 2.61. The largest absolute Gasteiger partial charge is 0.250 e. The lowest BCUT2D eigenvalue weighted by Gasteiger charge is -2.32. The van der Waals surface area contributed by atoms with Gasteiger partial charge in [-0.3, -0.25) is 4.68 Å². The van der Waals surface area contributed by atoms with E-state index in [0.29, 0.717) is 5.41 Å². The summed E-state index contributed by atoms with van der Waals surface area (Å²) in [5.74, 6) is 1.04. The lowest BCUT2D eigenvalue weighted by molar-refractivity contribution is 0.319. The number of aryl methyl sites for hydroxylation is 1. The molecule has 0 fully saturated rings. The minimum absolute atomic E-state index is 0.159. The Morgan fingerprint density at radius 2 is 2.29 bits per heavy atom. The fourth-order valence-corrected chi connectivity index (χ4v) is 3.20. The van der Waals surface area contributed by atoms with Crippen molar-refractivity contribution in [2.75, 3.05) is 0 Å². The molecule has 1 aliphatic carbocycles. The molecule has 0 saturated heterocycles. The molecule has 0 aliphatic heterocycles. The summed E-state index contributed by atoms with van der Waals surface area (Å²) in [5, 5.41) is 4.36. The molecule has 4 heteroatoms. The quantitative estimate of drug-likeness (QED) is 0.612. The number of hydrogen-bond donors (Lipinski definition) is 0. The van der Waals surface area contributed by atoms with Gasteiger partial charge in [0.05, 0.1) is 5.38 Å². The standard InChI is InChI=1S/C13H20ClN3/c1-4-17-12(15-9-16-17)6-10-5-11(14)8-13(2,3)7-10/h5,9,11H,4,6-8H2,1-3H3. The van der Waals surface area contributed by atoms with Crippen molar-refractivity contribution in [2.45, 2.75) is 52.0 Å². The van der Waals surface area contributed by atoms with E-state index in [-0.39, 0.29) is 5.38 Å². The lowest BCUT2D eigenvalue weighted by Crippen LogP contribution is -2.23. The molecule has 3 nitrogen and oxygen atoms in total. The Bertz CT molecular complexity index is 420. The first-order valence-corrected chi connectivity index (χ1v) is 6.64. The number of hydrogen-bond acceptors (Lipinski definition) is 2. The van der Waals surface area contributed by atoms with Crippen LogP contribution >= 0.6 is 11.6 Å². The van der Waals surface area contributed by atoms with Crippen molar-refractivity contribution in [3.05, 3.63) is 23.8 Å². The van der Waals surface area contributed by atoms with Crippen molar-refractivity contribution < 1.29 is 0 Å². The molecule has 1 aliphatic rings. The normalized spacial score (nSPS) is 23.5. The molecule has 0 amide bonds. The van der Waals surface area contributed by atoms with Gasteiger partial charge in [-0.15, -0.1) is 11.6 Å². The van der Waals surface area contributed by atoms with Crippen molar-refractivity contribution in [3.8, 4) is 0 Å². The third-order valence-corrected chi connectivity index (χ3v) is 3.53. The van der Waals surface area contributed by atoms with E-state index in [2.05, 4.69) is 36.9 Å². The number of aromatic nitrogens is 3. The van der Waals surface area contributed by atoms with E-state index >= 15 is 0 Å². The number of rotatable bonds is 3. The molecule has 1 aromatic heterocycles. The Morgan fingerprint density at radius 1 is 1.53 bits per heavy atom. The topological polar surface area (TPSA) is 30.7 Å². The van der Waals surface area contributed by atoms with Crippen LogP contribution in [0.1, 0.15) is 39.4 Å². The molecule has 0 saturated carbocycles. The molecule has 0 aromatic carbocycles. The van der Waals surface area contributed by atoms with Gasteiger partial charge in [-0.2, -0.15) is 5.10 Å². The van der Waals surface area contributed by atoms with Crippen molar-refractivity contribution >= 4 is 11.6 Å². The predicted octanol–water partition coefficient (Wildman–Crippen LogP) is 3.19. The number of allylic oxidation sites excluding steroid dienone is 2. The molecular weight excluding hydrogens is 234 g/mol. The highest BCUT2D eigenvalue weighted by Gasteiger charge is 2.28. The van der Waals surface area contributed by atoms with Gasteiger partial charge in [0.15, 0.2) is 0 Å². The summed E-state index contributed by atoms with van der Waals surface area (Å²) in [6, 6.07) is 0. The SMILES string of the molecule is CCn1ncnc1CC1=CC(Cl)CC(C)(C)C1. The molecule has 1 heterocycles. The van der Waals surface area contributed by atoms with E-state index in [9.17, 15) is 0 Å². The number of nitrogens with zero attached hydrogens (tertiary/aromatic N) is 3. The van der Waals surface area contributed by atoms with Crippen molar-refractivity contribution in [3.63, 3.8) is 0 Å². The molecule has 0 radical (unpaired) electrons. The second-order valence-electron chi connectivity index (χ2n) is 5.55. The molecule has 0 N–H and O–H groups in total. The summed E-state index contributed by atoms with van der Waals surface area (Å²) >= 11 is 6.29. The highest BCUT2D eigenvalue weighted by molar-refractivity contribution is 6.21. The number of halogens is 1. The van der Waals surface area contributed by atoms with Gasteiger partial charge in [0.25, 0.3) is 0 Å². The van der Waals surface area contributed by atoms with Gasteiger partial charge in [-0.1, -0.05) is 25.5 Å². The summed E-state index contributed by atoms with van der Waals surface area (Å²) in [6.07, 6.45) is 6.86. The summed E-state index contributed by atoms with van der Waals surface area (Å²) in [5.41, 5.74) is 1.69. The van der Waals surface area contributed by atoms with E-state index in [1.54, 1.807) is 6.33 Å². The monoisotopic (exact) mass is 253 g/mol. The first-order chi connectivity index (χ1) is 8.00. The van der Waals surface area contributed by atoms with Gasteiger partial charge >= 0.3 is 0 Å². The maximum atomic E-state index is 6.29. The summed E-state index contributed by atoms with van der Waals surface area (Å²) in [4.78, 5) is 4.32.